The van der Waals surface area contributed by atoms with E-state index in [0.717, 1.165) is 11.3 Å². The average molecular weight is 155 g/mol. The van der Waals surface area contributed by atoms with Gasteiger partial charge in [-0.1, -0.05) is 0 Å². The number of hydrogen-bond donors (Lipinski definition) is 1. The lowest BCUT2D eigenvalue weighted by atomic mass is 10.2. The van der Waals surface area contributed by atoms with Gasteiger partial charge in [-0.15, -0.1) is 4.48 Å². The molecule has 1 aromatic carbocycles. The summed E-state index contributed by atoms with van der Waals surface area (Å²) in [4.78, 5) is 0. The van der Waals surface area contributed by atoms with Gasteiger partial charge in [0.25, 0.3) is 0 Å². The second kappa shape index (κ2) is 3.23. The number of ether oxygens (including phenoxy) is 1. The Kier molecular flexibility index (Phi) is 2.31. The Morgan fingerprint density at radius 2 is 2.18 bits per heavy atom. The molecule has 11 heavy (non-hydrogen) atoms. The molecule has 0 amide bonds. The first-order valence-corrected chi connectivity index (χ1v) is 3.29. The fraction of sp³-hybridized carbons (Fsp3) is 0.250. The van der Waals surface area contributed by atoms with Gasteiger partial charge in [0.2, 0.25) is 0 Å². The smallest absolute Gasteiger partial charge is 0.119 e. The minimum absolute atomic E-state index is 0.478. The lowest BCUT2D eigenvalue weighted by Gasteiger charge is -2.04. The molecule has 3 heteroatoms. The fourth-order valence-corrected chi connectivity index (χ4v) is 0.869. The largest absolute Gasteiger partial charge is 0.497 e. The van der Waals surface area contributed by atoms with Gasteiger partial charge in [-0.2, -0.15) is 0 Å². The lowest BCUT2D eigenvalue weighted by molar-refractivity contribution is 0.414. The summed E-state index contributed by atoms with van der Waals surface area (Å²) in [6.45, 7) is 1.81. The van der Waals surface area contributed by atoms with E-state index < -0.39 is 0 Å². The SMILES string of the molecule is COc1ccc(NF)c(C)c1. The molecule has 0 unspecified atom stereocenters. The highest BCUT2D eigenvalue weighted by molar-refractivity contribution is 5.51. The molecular formula is C8H10FNO. The van der Waals surface area contributed by atoms with Crippen molar-refractivity contribution in [3.05, 3.63) is 23.8 Å². The standard InChI is InChI=1S/C8H10FNO/c1-6-5-7(11-2)3-4-8(6)10-9/h3-5,10H,1-2H3. The van der Waals surface area contributed by atoms with E-state index in [0.29, 0.717) is 5.69 Å². The van der Waals surface area contributed by atoms with Crippen LogP contribution in [-0.2, 0) is 0 Å². The molecule has 1 N–H and O–H groups in total. The lowest BCUT2D eigenvalue weighted by Crippen LogP contribution is -1.88. The number of hydrogen-bond acceptors (Lipinski definition) is 2. The number of benzene rings is 1. The Bertz CT molecular complexity index is 250. The van der Waals surface area contributed by atoms with Gasteiger partial charge in [-0.3, -0.25) is 0 Å². The topological polar surface area (TPSA) is 21.3 Å². The van der Waals surface area contributed by atoms with Gasteiger partial charge in [0.1, 0.15) is 5.75 Å². The van der Waals surface area contributed by atoms with Crippen LogP contribution in [0.3, 0.4) is 0 Å². The van der Waals surface area contributed by atoms with Gasteiger partial charge in [0.15, 0.2) is 0 Å². The number of nitrogens with one attached hydrogen (secondary N) is 1. The van der Waals surface area contributed by atoms with Crippen LogP contribution in [0, 0.1) is 6.92 Å². The summed E-state index contributed by atoms with van der Waals surface area (Å²) in [5.41, 5.74) is 2.89. The molecule has 0 aliphatic rings. The molecule has 0 radical (unpaired) electrons. The molecule has 0 spiro atoms. The summed E-state index contributed by atoms with van der Waals surface area (Å²) in [5, 5.41) is 0. The third kappa shape index (κ3) is 1.61. The predicted octanol–water partition coefficient (Wildman–Crippen LogP) is 2.30. The average Bonchev–Trinajstić information content (AvgIpc) is 2.04. The number of rotatable bonds is 2. The second-order valence-electron chi connectivity index (χ2n) is 2.28. The van der Waals surface area contributed by atoms with Gasteiger partial charge in [-0.05, 0) is 30.7 Å². The van der Waals surface area contributed by atoms with Crippen molar-refractivity contribution >= 4 is 5.69 Å². The van der Waals surface area contributed by atoms with Crippen molar-refractivity contribution in [2.75, 3.05) is 12.6 Å². The minimum Gasteiger partial charge on any atom is -0.497 e. The van der Waals surface area contributed by atoms with Crippen molar-refractivity contribution < 1.29 is 9.22 Å². The van der Waals surface area contributed by atoms with Crippen LogP contribution >= 0.6 is 0 Å². The van der Waals surface area contributed by atoms with Crippen molar-refractivity contribution in [1.82, 2.24) is 0 Å². The van der Waals surface area contributed by atoms with Crippen LogP contribution in [0.4, 0.5) is 10.2 Å². The van der Waals surface area contributed by atoms with Crippen LogP contribution in [0.2, 0.25) is 0 Å². The minimum atomic E-state index is 0.478. The van der Waals surface area contributed by atoms with E-state index >= 15 is 0 Å². The quantitative estimate of drug-likeness (QED) is 0.661. The second-order valence-corrected chi connectivity index (χ2v) is 2.28. The molecule has 0 aliphatic carbocycles. The number of methoxy groups -OCH3 is 1. The van der Waals surface area contributed by atoms with Gasteiger partial charge in [0.05, 0.1) is 12.8 Å². The van der Waals surface area contributed by atoms with E-state index in [2.05, 4.69) is 0 Å². The Balaban J connectivity index is 2.99. The van der Waals surface area contributed by atoms with Crippen molar-refractivity contribution in [2.24, 2.45) is 0 Å². The molecule has 0 atom stereocenters. The molecule has 0 fully saturated rings. The molecule has 1 rings (SSSR count). The summed E-state index contributed by atoms with van der Waals surface area (Å²) in [6, 6.07) is 5.10. The zero-order valence-corrected chi connectivity index (χ0v) is 6.52. The summed E-state index contributed by atoms with van der Waals surface area (Å²) in [5.74, 6) is 0.738. The molecule has 0 saturated carbocycles. The van der Waals surface area contributed by atoms with E-state index in [1.165, 1.54) is 0 Å². The Morgan fingerprint density at radius 3 is 2.64 bits per heavy atom. The zero-order chi connectivity index (χ0) is 8.27. The van der Waals surface area contributed by atoms with Crippen LogP contribution in [0.5, 0.6) is 5.75 Å². The summed E-state index contributed by atoms with van der Waals surface area (Å²) >= 11 is 0. The van der Waals surface area contributed by atoms with Crippen molar-refractivity contribution in [2.45, 2.75) is 6.92 Å². The third-order valence-corrected chi connectivity index (χ3v) is 1.54. The van der Waals surface area contributed by atoms with Crippen LogP contribution in [0.1, 0.15) is 5.56 Å². The van der Waals surface area contributed by atoms with Gasteiger partial charge in [0, 0.05) is 0 Å². The molecule has 1 aromatic rings. The molecule has 0 bridgehead atoms. The van der Waals surface area contributed by atoms with E-state index in [1.54, 1.807) is 30.8 Å². The molecule has 0 heterocycles. The van der Waals surface area contributed by atoms with Gasteiger partial charge >= 0.3 is 0 Å². The van der Waals surface area contributed by atoms with E-state index in [1.807, 2.05) is 6.92 Å². The normalized spacial score (nSPS) is 9.36. The van der Waals surface area contributed by atoms with Crippen LogP contribution in [0.15, 0.2) is 18.2 Å². The first-order valence-electron chi connectivity index (χ1n) is 3.29. The van der Waals surface area contributed by atoms with Gasteiger partial charge in [-0.25, -0.2) is 5.54 Å². The first-order chi connectivity index (χ1) is 5.27. The molecule has 0 aromatic heterocycles. The van der Waals surface area contributed by atoms with E-state index in [-0.39, 0.29) is 0 Å². The number of halogens is 1. The van der Waals surface area contributed by atoms with Crippen molar-refractivity contribution in [3.8, 4) is 5.75 Å². The maximum absolute atomic E-state index is 11.9. The molecule has 60 valence electrons. The Labute approximate surface area is 64.9 Å². The van der Waals surface area contributed by atoms with Crippen molar-refractivity contribution in [3.63, 3.8) is 0 Å². The maximum Gasteiger partial charge on any atom is 0.119 e. The number of aryl methyl sites for hydroxylation is 1. The highest BCUT2D eigenvalue weighted by Crippen LogP contribution is 2.20. The monoisotopic (exact) mass is 155 g/mol. The Morgan fingerprint density at radius 1 is 1.45 bits per heavy atom. The summed E-state index contributed by atoms with van der Waals surface area (Å²) in [6.07, 6.45) is 0. The predicted molar refractivity (Wildman–Crippen MR) is 42.5 cm³/mol. The fourth-order valence-electron chi connectivity index (χ4n) is 0.869. The maximum atomic E-state index is 11.9. The molecular weight excluding hydrogens is 145 g/mol. The highest BCUT2D eigenvalue weighted by Gasteiger charge is 1.97. The Hall–Kier alpha value is -1.25. The number of anilines is 1. The summed E-state index contributed by atoms with van der Waals surface area (Å²) in [7, 11) is 1.58. The van der Waals surface area contributed by atoms with E-state index in [4.69, 9.17) is 4.74 Å². The zero-order valence-electron chi connectivity index (χ0n) is 6.52. The van der Waals surface area contributed by atoms with Crippen LogP contribution in [-0.4, -0.2) is 7.11 Å². The molecule has 0 aliphatic heterocycles. The third-order valence-electron chi connectivity index (χ3n) is 1.54. The van der Waals surface area contributed by atoms with Crippen molar-refractivity contribution in [1.29, 1.82) is 0 Å². The molecule has 2 nitrogen and oxygen atoms in total. The van der Waals surface area contributed by atoms with E-state index in [9.17, 15) is 4.48 Å². The summed E-state index contributed by atoms with van der Waals surface area (Å²) < 4.78 is 16.9. The molecule has 0 saturated heterocycles. The van der Waals surface area contributed by atoms with Crippen LogP contribution in [0.25, 0.3) is 0 Å². The highest BCUT2D eigenvalue weighted by atomic mass is 19.2. The first kappa shape index (κ1) is 7.85. The van der Waals surface area contributed by atoms with Crippen LogP contribution < -0.4 is 10.3 Å². The van der Waals surface area contributed by atoms with Gasteiger partial charge < -0.3 is 4.74 Å².